The lowest BCUT2D eigenvalue weighted by molar-refractivity contribution is -0.147. The van der Waals surface area contributed by atoms with E-state index in [2.05, 4.69) is 15.5 Å². The van der Waals surface area contributed by atoms with E-state index in [4.69, 9.17) is 9.47 Å². The van der Waals surface area contributed by atoms with Gasteiger partial charge in [0.15, 0.2) is 0 Å². The maximum atomic E-state index is 12.1. The van der Waals surface area contributed by atoms with Crippen LogP contribution in [-0.4, -0.2) is 29.9 Å². The number of rotatable bonds is 7. The summed E-state index contributed by atoms with van der Waals surface area (Å²) in [6.07, 6.45) is 3.26. The first-order valence-corrected chi connectivity index (χ1v) is 7.49. The smallest absolute Gasteiger partial charge is 0.311 e. The number of anilines is 1. The first-order valence-electron chi connectivity index (χ1n) is 7.49. The Balaban J connectivity index is 2.24. The van der Waals surface area contributed by atoms with Gasteiger partial charge in [0.25, 0.3) is 0 Å². The normalized spacial score (nSPS) is 13.0. The topological polar surface area (TPSA) is 73.3 Å². The molecule has 0 spiro atoms. The van der Waals surface area contributed by atoms with E-state index in [9.17, 15) is 4.79 Å². The van der Waals surface area contributed by atoms with Crippen molar-refractivity contribution in [3.05, 3.63) is 48.3 Å². The second-order valence-corrected chi connectivity index (χ2v) is 5.07. The number of methoxy groups -OCH3 is 1. The molecule has 1 aromatic carbocycles. The summed E-state index contributed by atoms with van der Waals surface area (Å²) in [5.74, 6) is 0.146. The SMILES string of the molecule is CCOC(=O)[C@@H](C)[C@H](Nc1ccc(OC)cc1)c1ccnnc1. The summed E-state index contributed by atoms with van der Waals surface area (Å²) in [6, 6.07) is 9.09. The summed E-state index contributed by atoms with van der Waals surface area (Å²) in [7, 11) is 1.62. The predicted molar refractivity (Wildman–Crippen MR) is 87.2 cm³/mol. The summed E-state index contributed by atoms with van der Waals surface area (Å²) in [6.45, 7) is 3.98. The number of nitrogens with zero attached hydrogens (tertiary/aromatic N) is 2. The molecule has 0 saturated heterocycles. The fraction of sp³-hybridized carbons (Fsp3) is 0.353. The molecule has 0 bridgehead atoms. The van der Waals surface area contributed by atoms with Gasteiger partial charge in [-0.05, 0) is 49.7 Å². The van der Waals surface area contributed by atoms with Gasteiger partial charge in [0, 0.05) is 11.9 Å². The lowest BCUT2D eigenvalue weighted by Gasteiger charge is -2.25. The van der Waals surface area contributed by atoms with E-state index >= 15 is 0 Å². The Morgan fingerprint density at radius 2 is 1.96 bits per heavy atom. The third-order valence-corrected chi connectivity index (χ3v) is 3.54. The van der Waals surface area contributed by atoms with Crippen LogP contribution in [0.4, 0.5) is 5.69 Å². The van der Waals surface area contributed by atoms with Crippen LogP contribution < -0.4 is 10.1 Å². The number of hydrogen-bond donors (Lipinski definition) is 1. The first kappa shape index (κ1) is 16.7. The Morgan fingerprint density at radius 3 is 2.52 bits per heavy atom. The molecular weight excluding hydrogens is 294 g/mol. The molecule has 2 rings (SSSR count). The van der Waals surface area contributed by atoms with E-state index in [1.54, 1.807) is 26.4 Å². The molecule has 0 aliphatic rings. The molecule has 0 fully saturated rings. The first-order chi connectivity index (χ1) is 11.2. The van der Waals surface area contributed by atoms with Crippen molar-refractivity contribution in [1.29, 1.82) is 0 Å². The van der Waals surface area contributed by atoms with Crippen LogP contribution in [0.2, 0.25) is 0 Å². The molecule has 6 heteroatoms. The molecule has 0 saturated carbocycles. The lowest BCUT2D eigenvalue weighted by Crippen LogP contribution is -2.27. The van der Waals surface area contributed by atoms with Crippen LogP contribution in [0.3, 0.4) is 0 Å². The van der Waals surface area contributed by atoms with Crippen LogP contribution in [0.1, 0.15) is 25.5 Å². The molecule has 0 aliphatic carbocycles. The van der Waals surface area contributed by atoms with E-state index in [0.717, 1.165) is 17.0 Å². The number of nitrogens with one attached hydrogen (secondary N) is 1. The number of aromatic nitrogens is 2. The number of carbonyl (C=O) groups is 1. The van der Waals surface area contributed by atoms with Crippen molar-refractivity contribution in [2.75, 3.05) is 19.0 Å². The molecule has 6 nitrogen and oxygen atoms in total. The van der Waals surface area contributed by atoms with Crippen molar-refractivity contribution >= 4 is 11.7 Å². The molecule has 2 aromatic rings. The molecule has 23 heavy (non-hydrogen) atoms. The minimum atomic E-state index is -0.374. The van der Waals surface area contributed by atoms with Crippen molar-refractivity contribution in [1.82, 2.24) is 10.2 Å². The van der Waals surface area contributed by atoms with Gasteiger partial charge in [0.05, 0.1) is 31.9 Å². The van der Waals surface area contributed by atoms with Crippen molar-refractivity contribution in [3.63, 3.8) is 0 Å². The van der Waals surface area contributed by atoms with Crippen LogP contribution in [0, 0.1) is 5.92 Å². The molecule has 1 heterocycles. The van der Waals surface area contributed by atoms with E-state index in [1.807, 2.05) is 37.3 Å². The van der Waals surface area contributed by atoms with Gasteiger partial charge in [-0.15, -0.1) is 0 Å². The molecule has 122 valence electrons. The molecule has 1 aromatic heterocycles. The second-order valence-electron chi connectivity index (χ2n) is 5.07. The van der Waals surface area contributed by atoms with E-state index in [1.165, 1.54) is 0 Å². The highest BCUT2D eigenvalue weighted by atomic mass is 16.5. The minimum Gasteiger partial charge on any atom is -0.497 e. The summed E-state index contributed by atoms with van der Waals surface area (Å²) in [5.41, 5.74) is 1.75. The van der Waals surface area contributed by atoms with Gasteiger partial charge >= 0.3 is 5.97 Å². The highest BCUT2D eigenvalue weighted by Crippen LogP contribution is 2.28. The third kappa shape index (κ3) is 4.42. The maximum absolute atomic E-state index is 12.1. The zero-order valence-electron chi connectivity index (χ0n) is 13.5. The predicted octanol–water partition coefficient (Wildman–Crippen LogP) is 2.84. The molecule has 0 radical (unpaired) electrons. The molecule has 0 aliphatic heterocycles. The quantitative estimate of drug-likeness (QED) is 0.792. The van der Waals surface area contributed by atoms with Crippen molar-refractivity contribution in [3.8, 4) is 5.75 Å². The van der Waals surface area contributed by atoms with Gasteiger partial charge in [-0.3, -0.25) is 4.79 Å². The Labute approximate surface area is 135 Å². The fourth-order valence-corrected chi connectivity index (χ4v) is 2.26. The summed E-state index contributed by atoms with van der Waals surface area (Å²) in [4.78, 5) is 12.1. The van der Waals surface area contributed by atoms with Gasteiger partial charge in [-0.2, -0.15) is 10.2 Å². The minimum absolute atomic E-state index is 0.254. The van der Waals surface area contributed by atoms with Crippen LogP contribution >= 0.6 is 0 Å². The van der Waals surface area contributed by atoms with Gasteiger partial charge in [0.1, 0.15) is 5.75 Å². The van der Waals surface area contributed by atoms with Crippen molar-refractivity contribution in [2.45, 2.75) is 19.9 Å². The summed E-state index contributed by atoms with van der Waals surface area (Å²) in [5, 5.41) is 11.0. The van der Waals surface area contributed by atoms with E-state index < -0.39 is 0 Å². The average molecular weight is 315 g/mol. The van der Waals surface area contributed by atoms with Gasteiger partial charge in [0.2, 0.25) is 0 Å². The fourth-order valence-electron chi connectivity index (χ4n) is 2.26. The van der Waals surface area contributed by atoms with Gasteiger partial charge in [-0.1, -0.05) is 0 Å². The number of ether oxygens (including phenoxy) is 2. The highest BCUT2D eigenvalue weighted by molar-refractivity contribution is 5.74. The number of esters is 1. The third-order valence-electron chi connectivity index (χ3n) is 3.54. The zero-order chi connectivity index (χ0) is 16.7. The van der Waals surface area contributed by atoms with Crippen LogP contribution in [0.5, 0.6) is 5.75 Å². The molecule has 2 atom stereocenters. The summed E-state index contributed by atoms with van der Waals surface area (Å²) >= 11 is 0. The Bertz CT molecular complexity index is 617. The molecule has 0 amide bonds. The second kappa shape index (κ2) is 8.12. The highest BCUT2D eigenvalue weighted by Gasteiger charge is 2.27. The number of benzene rings is 1. The summed E-state index contributed by atoms with van der Waals surface area (Å²) < 4.78 is 10.3. The number of hydrogen-bond acceptors (Lipinski definition) is 6. The van der Waals surface area contributed by atoms with Crippen LogP contribution in [0.25, 0.3) is 0 Å². The lowest BCUT2D eigenvalue weighted by atomic mass is 9.95. The molecular formula is C17H21N3O3. The van der Waals surface area contributed by atoms with E-state index in [0.29, 0.717) is 6.61 Å². The van der Waals surface area contributed by atoms with Crippen molar-refractivity contribution < 1.29 is 14.3 Å². The van der Waals surface area contributed by atoms with Crippen LogP contribution in [-0.2, 0) is 9.53 Å². The molecule has 0 unspecified atom stereocenters. The standard InChI is InChI=1S/C17H21N3O3/c1-4-23-17(21)12(2)16(13-9-10-18-19-11-13)20-14-5-7-15(22-3)8-6-14/h5-12,16,20H,4H2,1-3H3/t12-,16-/m0/s1. The largest absolute Gasteiger partial charge is 0.497 e. The Kier molecular flexibility index (Phi) is 5.91. The zero-order valence-corrected chi connectivity index (χ0v) is 13.5. The monoisotopic (exact) mass is 315 g/mol. The van der Waals surface area contributed by atoms with Gasteiger partial charge < -0.3 is 14.8 Å². The Hall–Kier alpha value is -2.63. The molecule has 1 N–H and O–H groups in total. The van der Waals surface area contributed by atoms with Gasteiger partial charge in [-0.25, -0.2) is 0 Å². The maximum Gasteiger partial charge on any atom is 0.311 e. The van der Waals surface area contributed by atoms with E-state index in [-0.39, 0.29) is 17.9 Å². The van der Waals surface area contributed by atoms with Crippen molar-refractivity contribution in [2.24, 2.45) is 5.92 Å². The average Bonchev–Trinajstić information content (AvgIpc) is 2.60. The number of carbonyl (C=O) groups excluding carboxylic acids is 1. The van der Waals surface area contributed by atoms with Crippen LogP contribution in [0.15, 0.2) is 42.7 Å². The Morgan fingerprint density at radius 1 is 1.22 bits per heavy atom.